The van der Waals surface area contributed by atoms with Gasteiger partial charge in [-0.25, -0.2) is 10.0 Å². The van der Waals surface area contributed by atoms with Gasteiger partial charge in [0.25, 0.3) is 0 Å². The summed E-state index contributed by atoms with van der Waals surface area (Å²) < 4.78 is 0. The maximum absolute atomic E-state index is 2.50. The molecule has 1 rings (SSSR count). The fourth-order valence-corrected chi connectivity index (χ4v) is 5.96. The van der Waals surface area contributed by atoms with E-state index in [1.807, 2.05) is 13.8 Å². The van der Waals surface area contributed by atoms with Crippen molar-refractivity contribution >= 4 is 10.0 Å². The molecule has 0 spiro atoms. The van der Waals surface area contributed by atoms with Crippen LogP contribution in [0.3, 0.4) is 0 Å². The van der Waals surface area contributed by atoms with Crippen LogP contribution in [0.2, 0.25) is 0 Å². The number of hydrogen-bond donors (Lipinski definition) is 0. The number of hydrogen-bond acceptors (Lipinski definition) is 1. The Kier molecular flexibility index (Phi) is 7.75. The monoisotopic (exact) mass is 219 g/mol. The number of nitrogens with zero attached hydrogens (tertiary/aromatic N) is 1. The van der Waals surface area contributed by atoms with Gasteiger partial charge in [0.2, 0.25) is 0 Å². The molecule has 0 aromatic heterocycles. The molecule has 1 heterocycles. The highest BCUT2D eigenvalue weighted by molar-refractivity contribution is 8.33. The summed E-state index contributed by atoms with van der Waals surface area (Å²) in [4.78, 5) is 2.50. The molecule has 0 radical (unpaired) electrons. The molecule has 0 unspecified atom stereocenters. The molecule has 88 valence electrons. The molecule has 0 saturated carbocycles. The van der Waals surface area contributed by atoms with Crippen LogP contribution in [0, 0.1) is 0 Å². The Morgan fingerprint density at radius 1 is 1.07 bits per heavy atom. The van der Waals surface area contributed by atoms with E-state index in [9.17, 15) is 0 Å². The summed E-state index contributed by atoms with van der Waals surface area (Å²) >= 11 is 0. The lowest BCUT2D eigenvalue weighted by Crippen LogP contribution is -2.26. The SMILES string of the molecule is CC.CCN(C)CS1(CC)CCCC1. The summed E-state index contributed by atoms with van der Waals surface area (Å²) in [6.07, 6.45) is 3.00. The molecule has 1 aliphatic rings. The highest BCUT2D eigenvalue weighted by Crippen LogP contribution is 2.53. The molecular weight excluding hydrogens is 190 g/mol. The first kappa shape index (κ1) is 14.3. The topological polar surface area (TPSA) is 3.24 Å². The zero-order valence-electron chi connectivity index (χ0n) is 10.8. The molecule has 2 heteroatoms. The van der Waals surface area contributed by atoms with Crippen LogP contribution in [0.5, 0.6) is 0 Å². The molecule has 0 bridgehead atoms. The zero-order valence-corrected chi connectivity index (χ0v) is 11.6. The minimum absolute atomic E-state index is 0.185. The lowest BCUT2D eigenvalue weighted by atomic mass is 10.4. The maximum atomic E-state index is 2.50. The smallest absolute Gasteiger partial charge is 0.0287 e. The summed E-state index contributed by atoms with van der Waals surface area (Å²) in [7, 11) is 2.08. The van der Waals surface area contributed by atoms with Gasteiger partial charge in [0, 0.05) is 5.88 Å². The second-order valence-electron chi connectivity index (χ2n) is 3.93. The zero-order chi connectivity index (χ0) is 11.0. The Labute approximate surface area is 92.6 Å². The average Bonchev–Trinajstić information content (AvgIpc) is 2.70. The van der Waals surface area contributed by atoms with Crippen LogP contribution < -0.4 is 0 Å². The molecule has 0 aliphatic carbocycles. The summed E-state index contributed by atoms with van der Waals surface area (Å²) in [5, 5.41) is 0. The molecule has 1 saturated heterocycles. The van der Waals surface area contributed by atoms with Crippen LogP contribution >= 0.6 is 10.0 Å². The van der Waals surface area contributed by atoms with Crippen LogP contribution in [0.15, 0.2) is 0 Å². The van der Waals surface area contributed by atoms with Gasteiger partial charge in [0.05, 0.1) is 0 Å². The van der Waals surface area contributed by atoms with Crippen molar-refractivity contribution in [2.24, 2.45) is 0 Å². The quantitative estimate of drug-likeness (QED) is 0.699. The van der Waals surface area contributed by atoms with E-state index in [1.54, 1.807) is 11.5 Å². The standard InChI is InChI=1S/C10H23NS.C2H6/c1-4-11(3)10-12(5-2)8-6-7-9-12;1-2/h4-10H2,1-3H3;1-2H3. The van der Waals surface area contributed by atoms with E-state index in [4.69, 9.17) is 0 Å². The fraction of sp³-hybridized carbons (Fsp3) is 1.00. The summed E-state index contributed by atoms with van der Waals surface area (Å²) in [6, 6.07) is 0. The molecule has 0 amide bonds. The number of rotatable bonds is 4. The van der Waals surface area contributed by atoms with Crippen LogP contribution in [0.1, 0.15) is 40.5 Å². The van der Waals surface area contributed by atoms with Crippen LogP contribution in [0.4, 0.5) is 0 Å². The van der Waals surface area contributed by atoms with Gasteiger partial charge in [-0.3, -0.25) is 4.90 Å². The first-order valence-electron chi connectivity index (χ1n) is 6.15. The predicted molar refractivity (Wildman–Crippen MR) is 71.6 cm³/mol. The average molecular weight is 219 g/mol. The van der Waals surface area contributed by atoms with Gasteiger partial charge in [-0.15, -0.1) is 0 Å². The van der Waals surface area contributed by atoms with Crippen molar-refractivity contribution in [3.05, 3.63) is 0 Å². The van der Waals surface area contributed by atoms with Gasteiger partial charge >= 0.3 is 0 Å². The molecule has 0 N–H and O–H groups in total. The van der Waals surface area contributed by atoms with Crippen molar-refractivity contribution in [2.45, 2.75) is 40.5 Å². The van der Waals surface area contributed by atoms with Crippen LogP contribution in [0.25, 0.3) is 0 Å². The van der Waals surface area contributed by atoms with Crippen molar-refractivity contribution in [2.75, 3.05) is 36.7 Å². The Bertz CT molecular complexity index is 130. The molecule has 1 aliphatic heterocycles. The second-order valence-corrected chi connectivity index (χ2v) is 8.03. The van der Waals surface area contributed by atoms with Crippen LogP contribution in [-0.2, 0) is 0 Å². The third-order valence-corrected chi connectivity index (χ3v) is 7.57. The van der Waals surface area contributed by atoms with Gasteiger partial charge < -0.3 is 0 Å². The lowest BCUT2D eigenvalue weighted by molar-refractivity contribution is 0.413. The third kappa shape index (κ3) is 4.22. The third-order valence-electron chi connectivity index (χ3n) is 3.05. The predicted octanol–water partition coefficient (Wildman–Crippen LogP) is 3.54. The minimum Gasteiger partial charge on any atom is -0.299 e. The molecule has 1 fully saturated rings. The van der Waals surface area contributed by atoms with Gasteiger partial charge in [0.15, 0.2) is 0 Å². The Hall–Kier alpha value is 0.310. The van der Waals surface area contributed by atoms with E-state index in [0.29, 0.717) is 0 Å². The first-order chi connectivity index (χ1) is 6.72. The summed E-state index contributed by atoms with van der Waals surface area (Å²) in [6.45, 7) is 9.87. The van der Waals surface area contributed by atoms with E-state index in [-0.39, 0.29) is 10.0 Å². The molecule has 0 aromatic rings. The van der Waals surface area contributed by atoms with E-state index >= 15 is 0 Å². The summed E-state index contributed by atoms with van der Waals surface area (Å²) in [5.41, 5.74) is 0. The van der Waals surface area contributed by atoms with Gasteiger partial charge in [-0.1, -0.05) is 27.7 Å². The van der Waals surface area contributed by atoms with Crippen LogP contribution in [-0.4, -0.2) is 41.6 Å². The first-order valence-corrected chi connectivity index (χ1v) is 8.46. The Morgan fingerprint density at radius 2 is 1.57 bits per heavy atom. The maximum Gasteiger partial charge on any atom is 0.0287 e. The highest BCUT2D eigenvalue weighted by Gasteiger charge is 2.27. The molecule has 14 heavy (non-hydrogen) atoms. The molecular formula is C12H29NS. The largest absolute Gasteiger partial charge is 0.299 e. The molecule has 0 atom stereocenters. The van der Waals surface area contributed by atoms with E-state index in [1.165, 1.54) is 31.0 Å². The van der Waals surface area contributed by atoms with Crippen molar-refractivity contribution in [3.8, 4) is 0 Å². The minimum atomic E-state index is -0.185. The van der Waals surface area contributed by atoms with E-state index in [2.05, 4.69) is 25.8 Å². The fourth-order valence-electron chi connectivity index (χ4n) is 1.99. The van der Waals surface area contributed by atoms with E-state index in [0.717, 1.165) is 0 Å². The lowest BCUT2D eigenvalue weighted by Gasteiger charge is -2.38. The van der Waals surface area contributed by atoms with Gasteiger partial charge in [-0.05, 0) is 43.7 Å². The second kappa shape index (κ2) is 7.58. The highest BCUT2D eigenvalue weighted by atomic mass is 32.3. The van der Waals surface area contributed by atoms with Crippen molar-refractivity contribution in [3.63, 3.8) is 0 Å². The molecule has 0 aromatic carbocycles. The van der Waals surface area contributed by atoms with Gasteiger partial charge in [-0.2, -0.15) is 0 Å². The van der Waals surface area contributed by atoms with Crippen molar-refractivity contribution < 1.29 is 0 Å². The Balaban J connectivity index is 0.000000791. The summed E-state index contributed by atoms with van der Waals surface area (Å²) in [5.74, 6) is 5.96. The van der Waals surface area contributed by atoms with Gasteiger partial charge in [0.1, 0.15) is 0 Å². The van der Waals surface area contributed by atoms with E-state index < -0.39 is 0 Å². The van der Waals surface area contributed by atoms with Crippen molar-refractivity contribution in [1.29, 1.82) is 0 Å². The van der Waals surface area contributed by atoms with Crippen molar-refractivity contribution in [1.82, 2.24) is 4.90 Å². The molecule has 1 nitrogen and oxygen atoms in total. The normalized spacial score (nSPS) is 21.6. The Morgan fingerprint density at radius 3 is 1.93 bits per heavy atom.